The summed E-state index contributed by atoms with van der Waals surface area (Å²) < 4.78 is 0. The lowest BCUT2D eigenvalue weighted by Gasteiger charge is -2.28. The maximum atomic E-state index is 3.59. The van der Waals surface area contributed by atoms with Crippen LogP contribution in [0.1, 0.15) is 36.8 Å². The predicted octanol–water partition coefficient (Wildman–Crippen LogP) is 4.13. The fourth-order valence-electron chi connectivity index (χ4n) is 2.77. The molecule has 0 saturated heterocycles. The number of rotatable bonds is 5. The van der Waals surface area contributed by atoms with Crippen molar-refractivity contribution in [3.05, 3.63) is 35.4 Å². The van der Waals surface area contributed by atoms with E-state index in [2.05, 4.69) is 52.0 Å². The molecule has 1 aromatic rings. The first kappa shape index (κ1) is 13.1. The lowest BCUT2D eigenvalue weighted by Crippen LogP contribution is -2.34. The molecule has 0 amide bonds. The maximum absolute atomic E-state index is 3.59. The molecule has 0 aromatic heterocycles. The third kappa shape index (κ3) is 3.56. The van der Waals surface area contributed by atoms with Crippen molar-refractivity contribution in [3.63, 3.8) is 0 Å². The number of hydrogen-bond donors (Lipinski definition) is 0. The minimum Gasteiger partial charge on any atom is -0.295 e. The molecule has 0 unspecified atom stereocenters. The average molecular weight is 296 g/mol. The fraction of sp³-hybridized carbons (Fsp3) is 0.600. The molecule has 0 aliphatic heterocycles. The molecular formula is C15H22BrN. The van der Waals surface area contributed by atoms with Gasteiger partial charge in [0.15, 0.2) is 0 Å². The van der Waals surface area contributed by atoms with Crippen LogP contribution in [0.15, 0.2) is 24.3 Å². The molecule has 17 heavy (non-hydrogen) atoms. The second-order valence-corrected chi connectivity index (χ2v) is 5.82. The Morgan fingerprint density at radius 1 is 1.24 bits per heavy atom. The molecule has 1 aliphatic carbocycles. The van der Waals surface area contributed by atoms with Gasteiger partial charge in [0, 0.05) is 24.5 Å². The van der Waals surface area contributed by atoms with Crippen LogP contribution in [0.4, 0.5) is 0 Å². The van der Waals surface area contributed by atoms with Gasteiger partial charge in [-0.1, -0.05) is 53.0 Å². The third-order valence-electron chi connectivity index (χ3n) is 3.85. The Labute approximate surface area is 113 Å². The van der Waals surface area contributed by atoms with Crippen LogP contribution >= 0.6 is 15.9 Å². The lowest BCUT2D eigenvalue weighted by atomic mass is 10.1. The fourth-order valence-corrected chi connectivity index (χ4v) is 3.23. The van der Waals surface area contributed by atoms with Gasteiger partial charge in [-0.25, -0.2) is 0 Å². The van der Waals surface area contributed by atoms with E-state index in [1.54, 1.807) is 0 Å². The van der Waals surface area contributed by atoms with Gasteiger partial charge in [0.05, 0.1) is 0 Å². The van der Waals surface area contributed by atoms with E-state index in [1.165, 1.54) is 43.4 Å². The van der Waals surface area contributed by atoms with E-state index in [0.717, 1.165) is 17.9 Å². The molecule has 0 atom stereocenters. The Morgan fingerprint density at radius 2 is 1.94 bits per heavy atom. The minimum atomic E-state index is 0.812. The van der Waals surface area contributed by atoms with Crippen LogP contribution in [-0.2, 0) is 6.54 Å². The zero-order valence-corrected chi connectivity index (χ0v) is 12.2. The van der Waals surface area contributed by atoms with E-state index >= 15 is 0 Å². The molecule has 0 heterocycles. The number of nitrogens with zero attached hydrogens (tertiary/aromatic N) is 1. The van der Waals surface area contributed by atoms with Gasteiger partial charge in [-0.15, -0.1) is 0 Å². The van der Waals surface area contributed by atoms with Crippen molar-refractivity contribution in [1.29, 1.82) is 0 Å². The monoisotopic (exact) mass is 295 g/mol. The van der Waals surface area contributed by atoms with E-state index in [-0.39, 0.29) is 0 Å². The summed E-state index contributed by atoms with van der Waals surface area (Å²) in [6.45, 7) is 4.50. The number of halogens is 1. The molecule has 1 nitrogen and oxygen atoms in total. The van der Waals surface area contributed by atoms with Gasteiger partial charge in [0.1, 0.15) is 0 Å². The Bertz CT molecular complexity index is 345. The second kappa shape index (κ2) is 6.55. The molecule has 1 saturated carbocycles. The smallest absolute Gasteiger partial charge is 0.0239 e. The van der Waals surface area contributed by atoms with Crippen molar-refractivity contribution in [3.8, 4) is 0 Å². The average Bonchev–Trinajstić information content (AvgIpc) is 2.85. The van der Waals surface area contributed by atoms with Crippen molar-refractivity contribution in [1.82, 2.24) is 4.90 Å². The van der Waals surface area contributed by atoms with E-state index in [0.29, 0.717) is 0 Å². The first-order valence-electron chi connectivity index (χ1n) is 6.66. The summed E-state index contributed by atoms with van der Waals surface area (Å²) >= 11 is 3.59. The molecule has 0 N–H and O–H groups in total. The van der Waals surface area contributed by atoms with Gasteiger partial charge in [-0.2, -0.15) is 0 Å². The van der Waals surface area contributed by atoms with E-state index in [9.17, 15) is 0 Å². The van der Waals surface area contributed by atoms with E-state index in [4.69, 9.17) is 0 Å². The zero-order chi connectivity index (χ0) is 12.1. The molecule has 2 heteroatoms. The van der Waals surface area contributed by atoms with Gasteiger partial charge in [-0.05, 0) is 30.9 Å². The standard InChI is InChI=1S/C15H22BrN/c1-13-6-2-3-7-14(13)12-17(11-10-16)15-8-4-5-9-15/h2-3,6-7,15H,4-5,8-12H2,1H3. The highest BCUT2D eigenvalue weighted by atomic mass is 79.9. The predicted molar refractivity (Wildman–Crippen MR) is 77.6 cm³/mol. The van der Waals surface area contributed by atoms with Crippen molar-refractivity contribution in [2.45, 2.75) is 45.2 Å². The van der Waals surface area contributed by atoms with Gasteiger partial charge in [0.2, 0.25) is 0 Å². The molecular weight excluding hydrogens is 274 g/mol. The zero-order valence-electron chi connectivity index (χ0n) is 10.7. The molecule has 94 valence electrons. The summed E-state index contributed by atoms with van der Waals surface area (Å²) in [5.74, 6) is 0. The molecule has 1 aromatic carbocycles. The Morgan fingerprint density at radius 3 is 2.59 bits per heavy atom. The first-order chi connectivity index (χ1) is 8.31. The van der Waals surface area contributed by atoms with Gasteiger partial charge < -0.3 is 0 Å². The molecule has 2 rings (SSSR count). The van der Waals surface area contributed by atoms with Crippen LogP contribution < -0.4 is 0 Å². The lowest BCUT2D eigenvalue weighted by molar-refractivity contribution is 0.202. The second-order valence-electron chi connectivity index (χ2n) is 5.02. The Hall–Kier alpha value is -0.340. The normalized spacial score (nSPS) is 16.9. The van der Waals surface area contributed by atoms with Crippen LogP contribution in [-0.4, -0.2) is 22.8 Å². The summed E-state index contributed by atoms with van der Waals surface area (Å²) in [6, 6.07) is 9.58. The maximum Gasteiger partial charge on any atom is 0.0239 e. The van der Waals surface area contributed by atoms with Crippen LogP contribution in [0.3, 0.4) is 0 Å². The van der Waals surface area contributed by atoms with Crippen molar-refractivity contribution in [2.75, 3.05) is 11.9 Å². The minimum absolute atomic E-state index is 0.812. The number of aryl methyl sites for hydroxylation is 1. The topological polar surface area (TPSA) is 3.24 Å². The molecule has 0 spiro atoms. The van der Waals surface area contributed by atoms with Crippen LogP contribution in [0.25, 0.3) is 0 Å². The number of alkyl halides is 1. The Balaban J connectivity index is 2.04. The first-order valence-corrected chi connectivity index (χ1v) is 7.78. The largest absolute Gasteiger partial charge is 0.295 e. The molecule has 1 fully saturated rings. The SMILES string of the molecule is Cc1ccccc1CN(CCBr)C1CCCC1. The number of benzene rings is 1. The Kier molecular flexibility index (Phi) is 5.05. The summed E-state index contributed by atoms with van der Waals surface area (Å²) in [5.41, 5.74) is 2.91. The highest BCUT2D eigenvalue weighted by Gasteiger charge is 2.22. The summed E-state index contributed by atoms with van der Waals surface area (Å²) in [7, 11) is 0. The molecule has 1 aliphatic rings. The number of hydrogen-bond acceptors (Lipinski definition) is 1. The van der Waals surface area contributed by atoms with E-state index in [1.807, 2.05) is 0 Å². The third-order valence-corrected chi connectivity index (χ3v) is 4.20. The highest BCUT2D eigenvalue weighted by molar-refractivity contribution is 9.09. The van der Waals surface area contributed by atoms with Crippen molar-refractivity contribution < 1.29 is 0 Å². The van der Waals surface area contributed by atoms with Crippen molar-refractivity contribution >= 4 is 15.9 Å². The van der Waals surface area contributed by atoms with Crippen LogP contribution in [0.2, 0.25) is 0 Å². The van der Waals surface area contributed by atoms with Crippen LogP contribution in [0.5, 0.6) is 0 Å². The van der Waals surface area contributed by atoms with Gasteiger partial charge >= 0.3 is 0 Å². The van der Waals surface area contributed by atoms with Gasteiger partial charge in [-0.3, -0.25) is 4.90 Å². The molecule has 0 bridgehead atoms. The van der Waals surface area contributed by atoms with E-state index < -0.39 is 0 Å². The summed E-state index contributed by atoms with van der Waals surface area (Å²) in [6.07, 6.45) is 5.60. The quantitative estimate of drug-likeness (QED) is 0.738. The summed E-state index contributed by atoms with van der Waals surface area (Å²) in [5, 5.41) is 1.08. The van der Waals surface area contributed by atoms with Crippen molar-refractivity contribution in [2.24, 2.45) is 0 Å². The summed E-state index contributed by atoms with van der Waals surface area (Å²) in [4.78, 5) is 2.66. The molecule has 0 radical (unpaired) electrons. The van der Waals surface area contributed by atoms with Crippen LogP contribution in [0, 0.1) is 6.92 Å². The highest BCUT2D eigenvalue weighted by Crippen LogP contribution is 2.25. The van der Waals surface area contributed by atoms with Gasteiger partial charge in [0.25, 0.3) is 0 Å².